The maximum absolute atomic E-state index is 12.7. The van der Waals surface area contributed by atoms with Crippen LogP contribution in [0.25, 0.3) is 0 Å². The van der Waals surface area contributed by atoms with E-state index in [1.165, 1.54) is 5.56 Å². The minimum absolute atomic E-state index is 0.127. The number of benzene rings is 2. The highest BCUT2D eigenvalue weighted by Gasteiger charge is 2.25. The molecule has 6 heteroatoms. The molecule has 0 saturated carbocycles. The van der Waals surface area contributed by atoms with Crippen LogP contribution >= 0.6 is 0 Å². The lowest BCUT2D eigenvalue weighted by molar-refractivity contribution is -0.123. The number of amides is 1. The van der Waals surface area contributed by atoms with Crippen molar-refractivity contribution < 1.29 is 14.3 Å². The molecule has 1 atom stereocenters. The molecule has 6 nitrogen and oxygen atoms in total. The molecule has 1 saturated heterocycles. The normalized spacial score (nSPS) is 16.4. The molecule has 1 amide bonds. The van der Waals surface area contributed by atoms with Crippen LogP contribution in [0.5, 0.6) is 0 Å². The first-order valence-electron chi connectivity index (χ1n) is 11.3. The lowest BCUT2D eigenvalue weighted by Crippen LogP contribution is -2.50. The standard InChI is InChI=1S/C26H35N3O3/c1-26(2,3)32-25(31)22-12-8-7-11-20(22)17-23(27)24(30)28-21-13-15-29(16-14-21)18-19-9-5-4-6-10-19/h4-12,21,23H,13-18,27H2,1-3H3,(H,28,30). The van der Waals surface area contributed by atoms with E-state index in [0.29, 0.717) is 5.56 Å². The Balaban J connectivity index is 1.50. The van der Waals surface area contributed by atoms with Gasteiger partial charge in [-0.15, -0.1) is 0 Å². The number of carbonyl (C=O) groups is 2. The van der Waals surface area contributed by atoms with E-state index in [2.05, 4.69) is 34.5 Å². The van der Waals surface area contributed by atoms with Crippen molar-refractivity contribution in [2.45, 2.75) is 64.3 Å². The summed E-state index contributed by atoms with van der Waals surface area (Å²) in [5, 5.41) is 3.10. The molecular formula is C26H35N3O3. The van der Waals surface area contributed by atoms with E-state index in [1.54, 1.807) is 12.1 Å². The van der Waals surface area contributed by atoms with Crippen LogP contribution in [0, 0.1) is 0 Å². The Bertz CT molecular complexity index is 900. The molecule has 0 spiro atoms. The fourth-order valence-electron chi connectivity index (χ4n) is 3.95. The summed E-state index contributed by atoms with van der Waals surface area (Å²) in [6.07, 6.45) is 2.09. The Morgan fingerprint density at radius 3 is 2.34 bits per heavy atom. The number of nitrogens with two attached hydrogens (primary N) is 1. The zero-order chi connectivity index (χ0) is 23.1. The molecule has 3 rings (SSSR count). The summed E-state index contributed by atoms with van der Waals surface area (Å²) in [6.45, 7) is 8.31. The first kappa shape index (κ1) is 24.0. The van der Waals surface area contributed by atoms with Gasteiger partial charge in [-0.3, -0.25) is 9.69 Å². The van der Waals surface area contributed by atoms with Gasteiger partial charge in [0.05, 0.1) is 11.6 Å². The lowest BCUT2D eigenvalue weighted by Gasteiger charge is -2.33. The number of likely N-dealkylation sites (tertiary alicyclic amines) is 1. The predicted molar refractivity (Wildman–Crippen MR) is 126 cm³/mol. The Hall–Kier alpha value is -2.70. The van der Waals surface area contributed by atoms with Gasteiger partial charge in [-0.25, -0.2) is 4.79 Å². The summed E-state index contributed by atoms with van der Waals surface area (Å²) in [7, 11) is 0. The highest BCUT2D eigenvalue weighted by atomic mass is 16.6. The van der Waals surface area contributed by atoms with Gasteiger partial charge >= 0.3 is 5.97 Å². The molecule has 0 bridgehead atoms. The van der Waals surface area contributed by atoms with Gasteiger partial charge in [-0.1, -0.05) is 48.5 Å². The molecule has 1 unspecified atom stereocenters. The van der Waals surface area contributed by atoms with Gasteiger partial charge in [0.15, 0.2) is 0 Å². The monoisotopic (exact) mass is 437 g/mol. The van der Waals surface area contributed by atoms with Crippen LogP contribution < -0.4 is 11.1 Å². The molecule has 2 aromatic carbocycles. The van der Waals surface area contributed by atoms with Crippen molar-refractivity contribution in [2.75, 3.05) is 13.1 Å². The van der Waals surface area contributed by atoms with E-state index >= 15 is 0 Å². The molecule has 0 aliphatic carbocycles. The number of piperidine rings is 1. The van der Waals surface area contributed by atoms with Gasteiger partial charge in [0.25, 0.3) is 0 Å². The molecule has 172 valence electrons. The van der Waals surface area contributed by atoms with Crippen LogP contribution in [0.3, 0.4) is 0 Å². The van der Waals surface area contributed by atoms with E-state index in [4.69, 9.17) is 10.5 Å². The SMILES string of the molecule is CC(C)(C)OC(=O)c1ccccc1CC(N)C(=O)NC1CCN(Cc2ccccc2)CC1. The van der Waals surface area contributed by atoms with Crippen LogP contribution in [-0.2, 0) is 22.5 Å². The number of hydrogen-bond donors (Lipinski definition) is 2. The smallest absolute Gasteiger partial charge is 0.338 e. The third-order valence-electron chi connectivity index (χ3n) is 5.60. The van der Waals surface area contributed by atoms with E-state index in [0.717, 1.165) is 38.0 Å². The third kappa shape index (κ3) is 7.18. The van der Waals surface area contributed by atoms with Crippen molar-refractivity contribution in [1.82, 2.24) is 10.2 Å². The number of nitrogens with zero attached hydrogens (tertiary/aromatic N) is 1. The first-order chi connectivity index (χ1) is 15.2. The number of nitrogens with one attached hydrogen (secondary N) is 1. The van der Waals surface area contributed by atoms with E-state index < -0.39 is 17.6 Å². The van der Waals surface area contributed by atoms with Crippen molar-refractivity contribution in [3.05, 3.63) is 71.3 Å². The van der Waals surface area contributed by atoms with Crippen LogP contribution in [-0.4, -0.2) is 47.6 Å². The quantitative estimate of drug-likeness (QED) is 0.650. The minimum Gasteiger partial charge on any atom is -0.456 e. The van der Waals surface area contributed by atoms with Crippen LogP contribution in [0.1, 0.15) is 55.1 Å². The summed E-state index contributed by atoms with van der Waals surface area (Å²) in [5.41, 5.74) is 8.12. The molecule has 2 aromatic rings. The number of carbonyl (C=O) groups excluding carboxylic acids is 2. The van der Waals surface area contributed by atoms with Gasteiger partial charge in [-0.05, 0) is 57.2 Å². The molecule has 1 fully saturated rings. The molecule has 3 N–H and O–H groups in total. The molecule has 0 radical (unpaired) electrons. The Morgan fingerprint density at radius 1 is 1.06 bits per heavy atom. The second-order valence-corrected chi connectivity index (χ2v) is 9.51. The number of hydrogen-bond acceptors (Lipinski definition) is 5. The second kappa shape index (κ2) is 10.7. The van der Waals surface area contributed by atoms with Gasteiger partial charge in [0, 0.05) is 25.7 Å². The molecule has 1 heterocycles. The number of esters is 1. The lowest BCUT2D eigenvalue weighted by atomic mass is 9.99. The van der Waals surface area contributed by atoms with Gasteiger partial charge in [0.1, 0.15) is 5.60 Å². The Morgan fingerprint density at radius 2 is 1.69 bits per heavy atom. The zero-order valence-electron chi connectivity index (χ0n) is 19.3. The van der Waals surface area contributed by atoms with Crippen molar-refractivity contribution in [1.29, 1.82) is 0 Å². The largest absolute Gasteiger partial charge is 0.456 e. The van der Waals surface area contributed by atoms with Crippen LogP contribution in [0.4, 0.5) is 0 Å². The molecular weight excluding hydrogens is 402 g/mol. The summed E-state index contributed by atoms with van der Waals surface area (Å²) in [6, 6.07) is 17.0. The van der Waals surface area contributed by atoms with E-state index in [-0.39, 0.29) is 18.4 Å². The fourth-order valence-corrected chi connectivity index (χ4v) is 3.95. The predicted octanol–water partition coefficient (Wildman–Crippen LogP) is 3.29. The third-order valence-corrected chi connectivity index (χ3v) is 5.60. The average Bonchev–Trinajstić information content (AvgIpc) is 2.75. The number of rotatable bonds is 7. The van der Waals surface area contributed by atoms with Gasteiger partial charge in [0.2, 0.25) is 5.91 Å². The van der Waals surface area contributed by atoms with Gasteiger partial charge < -0.3 is 15.8 Å². The molecule has 0 aromatic heterocycles. The van der Waals surface area contributed by atoms with Crippen molar-refractivity contribution in [3.8, 4) is 0 Å². The van der Waals surface area contributed by atoms with Crippen molar-refractivity contribution >= 4 is 11.9 Å². The highest BCUT2D eigenvalue weighted by Crippen LogP contribution is 2.18. The maximum atomic E-state index is 12.7. The van der Waals surface area contributed by atoms with Crippen LogP contribution in [0.2, 0.25) is 0 Å². The first-order valence-corrected chi connectivity index (χ1v) is 11.3. The summed E-state index contributed by atoms with van der Waals surface area (Å²) in [5.74, 6) is -0.572. The topological polar surface area (TPSA) is 84.7 Å². The number of ether oxygens (including phenoxy) is 1. The molecule has 1 aliphatic rings. The summed E-state index contributed by atoms with van der Waals surface area (Å²) in [4.78, 5) is 27.7. The Kier molecular flexibility index (Phi) is 8.04. The van der Waals surface area contributed by atoms with Gasteiger partial charge in [-0.2, -0.15) is 0 Å². The van der Waals surface area contributed by atoms with E-state index in [1.807, 2.05) is 39.0 Å². The zero-order valence-corrected chi connectivity index (χ0v) is 19.3. The summed E-state index contributed by atoms with van der Waals surface area (Å²) >= 11 is 0. The average molecular weight is 438 g/mol. The molecule has 32 heavy (non-hydrogen) atoms. The maximum Gasteiger partial charge on any atom is 0.338 e. The van der Waals surface area contributed by atoms with Crippen molar-refractivity contribution in [2.24, 2.45) is 5.73 Å². The summed E-state index contributed by atoms with van der Waals surface area (Å²) < 4.78 is 5.50. The van der Waals surface area contributed by atoms with Crippen molar-refractivity contribution in [3.63, 3.8) is 0 Å². The molecule has 1 aliphatic heterocycles. The van der Waals surface area contributed by atoms with E-state index in [9.17, 15) is 9.59 Å². The fraction of sp³-hybridized carbons (Fsp3) is 0.462. The minimum atomic E-state index is -0.721. The highest BCUT2D eigenvalue weighted by molar-refractivity contribution is 5.92. The second-order valence-electron chi connectivity index (χ2n) is 9.51. The van der Waals surface area contributed by atoms with Crippen LogP contribution in [0.15, 0.2) is 54.6 Å². The Labute approximate surface area is 191 Å².